The second-order valence-corrected chi connectivity index (χ2v) is 5.43. The van der Waals surface area contributed by atoms with Crippen LogP contribution in [0.1, 0.15) is 19.5 Å². The van der Waals surface area contributed by atoms with Crippen LogP contribution in [0.3, 0.4) is 0 Å². The predicted molar refractivity (Wildman–Crippen MR) is 76.0 cm³/mol. The lowest BCUT2D eigenvalue weighted by molar-refractivity contribution is 0.634. The first-order valence-corrected chi connectivity index (χ1v) is 6.59. The van der Waals surface area contributed by atoms with Crippen molar-refractivity contribution < 1.29 is 0 Å². The van der Waals surface area contributed by atoms with Gasteiger partial charge in [0.25, 0.3) is 0 Å². The van der Waals surface area contributed by atoms with Gasteiger partial charge in [0.1, 0.15) is 5.15 Å². The molecule has 0 fully saturated rings. The summed E-state index contributed by atoms with van der Waals surface area (Å²) in [6.07, 6.45) is 0.892. The Labute approximate surface area is 117 Å². The summed E-state index contributed by atoms with van der Waals surface area (Å²) in [7, 11) is 0. The molecule has 0 unspecified atom stereocenters. The van der Waals surface area contributed by atoms with Gasteiger partial charge in [0.15, 0.2) is 5.82 Å². The lowest BCUT2D eigenvalue weighted by Gasteiger charge is -2.07. The van der Waals surface area contributed by atoms with Crippen molar-refractivity contribution >= 4 is 23.2 Å². The number of benzene rings is 1. The molecule has 0 aliphatic rings. The molecule has 1 heterocycles. The van der Waals surface area contributed by atoms with Crippen molar-refractivity contribution in [1.29, 1.82) is 0 Å². The highest BCUT2D eigenvalue weighted by molar-refractivity contribution is 6.30. The number of hydrogen-bond acceptors (Lipinski definition) is 2. The van der Waals surface area contributed by atoms with Crippen LogP contribution in [0.2, 0.25) is 10.2 Å². The van der Waals surface area contributed by atoms with Gasteiger partial charge in [-0.2, -0.15) is 0 Å². The Morgan fingerprint density at radius 1 is 1.06 bits per heavy atom. The van der Waals surface area contributed by atoms with Crippen LogP contribution < -0.4 is 0 Å². The SMILES string of the molecule is CC(C)Cc1cc(Cl)nc(-c2ccc(Cl)cc2)n1. The molecule has 2 rings (SSSR count). The first-order chi connectivity index (χ1) is 8.54. The largest absolute Gasteiger partial charge is 0.233 e. The number of rotatable bonds is 3. The molecule has 0 saturated heterocycles. The molecular formula is C14H14Cl2N2. The molecule has 0 amide bonds. The minimum Gasteiger partial charge on any atom is -0.233 e. The minimum absolute atomic E-state index is 0.477. The van der Waals surface area contributed by atoms with Crippen molar-refractivity contribution in [2.45, 2.75) is 20.3 Å². The molecule has 0 atom stereocenters. The van der Waals surface area contributed by atoms with Gasteiger partial charge in [0, 0.05) is 16.3 Å². The first kappa shape index (κ1) is 13.3. The van der Waals surface area contributed by atoms with Gasteiger partial charge in [-0.3, -0.25) is 0 Å². The molecule has 0 saturated carbocycles. The Morgan fingerprint density at radius 3 is 2.33 bits per heavy atom. The topological polar surface area (TPSA) is 25.8 Å². The van der Waals surface area contributed by atoms with Crippen LogP contribution >= 0.6 is 23.2 Å². The van der Waals surface area contributed by atoms with Crippen LogP contribution in [0.5, 0.6) is 0 Å². The smallest absolute Gasteiger partial charge is 0.161 e. The molecule has 0 spiro atoms. The lowest BCUT2D eigenvalue weighted by atomic mass is 10.1. The van der Waals surface area contributed by atoms with E-state index in [1.807, 2.05) is 30.3 Å². The molecule has 2 aromatic rings. The normalized spacial score (nSPS) is 10.9. The molecule has 4 heteroatoms. The van der Waals surface area contributed by atoms with Crippen LogP contribution in [-0.4, -0.2) is 9.97 Å². The van der Waals surface area contributed by atoms with E-state index in [4.69, 9.17) is 23.2 Å². The molecular weight excluding hydrogens is 267 g/mol. The second kappa shape index (κ2) is 5.68. The van der Waals surface area contributed by atoms with E-state index in [9.17, 15) is 0 Å². The van der Waals surface area contributed by atoms with Crippen molar-refractivity contribution in [3.8, 4) is 11.4 Å². The lowest BCUT2D eigenvalue weighted by Crippen LogP contribution is -2.00. The highest BCUT2D eigenvalue weighted by atomic mass is 35.5. The number of aromatic nitrogens is 2. The predicted octanol–water partition coefficient (Wildman–Crippen LogP) is 4.65. The Hall–Kier alpha value is -1.12. The first-order valence-electron chi connectivity index (χ1n) is 5.84. The van der Waals surface area contributed by atoms with Gasteiger partial charge >= 0.3 is 0 Å². The van der Waals surface area contributed by atoms with Gasteiger partial charge in [-0.15, -0.1) is 0 Å². The van der Waals surface area contributed by atoms with Crippen molar-refractivity contribution in [3.05, 3.63) is 46.2 Å². The Balaban J connectivity index is 2.38. The molecule has 0 radical (unpaired) electrons. The molecule has 1 aromatic carbocycles. The molecule has 0 aliphatic heterocycles. The maximum atomic E-state index is 6.04. The number of halogens is 2. The van der Waals surface area contributed by atoms with Crippen molar-refractivity contribution in [2.75, 3.05) is 0 Å². The van der Waals surface area contributed by atoms with E-state index in [1.165, 1.54) is 0 Å². The highest BCUT2D eigenvalue weighted by Crippen LogP contribution is 2.21. The molecule has 0 aliphatic carbocycles. The average Bonchev–Trinajstić information content (AvgIpc) is 2.28. The highest BCUT2D eigenvalue weighted by Gasteiger charge is 2.07. The molecule has 0 bridgehead atoms. The average molecular weight is 281 g/mol. The van der Waals surface area contributed by atoms with E-state index in [2.05, 4.69) is 23.8 Å². The Kier molecular flexibility index (Phi) is 4.20. The van der Waals surface area contributed by atoms with E-state index in [0.717, 1.165) is 17.7 Å². The minimum atomic E-state index is 0.477. The fraction of sp³-hybridized carbons (Fsp3) is 0.286. The summed E-state index contributed by atoms with van der Waals surface area (Å²) in [5, 5.41) is 1.17. The van der Waals surface area contributed by atoms with E-state index >= 15 is 0 Å². The zero-order chi connectivity index (χ0) is 13.1. The summed E-state index contributed by atoms with van der Waals surface area (Å²) < 4.78 is 0. The summed E-state index contributed by atoms with van der Waals surface area (Å²) in [5.41, 5.74) is 1.89. The fourth-order valence-corrected chi connectivity index (χ4v) is 2.05. The fourth-order valence-electron chi connectivity index (χ4n) is 1.72. The third-order valence-electron chi connectivity index (χ3n) is 2.47. The third-order valence-corrected chi connectivity index (χ3v) is 2.91. The zero-order valence-electron chi connectivity index (χ0n) is 10.3. The standard InChI is InChI=1S/C14H14Cl2N2/c1-9(2)7-12-8-13(16)18-14(17-12)10-3-5-11(15)6-4-10/h3-6,8-9H,7H2,1-2H3. The third kappa shape index (κ3) is 3.44. The van der Waals surface area contributed by atoms with E-state index < -0.39 is 0 Å². The van der Waals surface area contributed by atoms with Crippen molar-refractivity contribution in [1.82, 2.24) is 9.97 Å². The Morgan fingerprint density at radius 2 is 1.72 bits per heavy atom. The molecule has 94 valence electrons. The molecule has 1 aromatic heterocycles. The quantitative estimate of drug-likeness (QED) is 0.765. The molecule has 2 nitrogen and oxygen atoms in total. The van der Waals surface area contributed by atoms with Gasteiger partial charge in [0.2, 0.25) is 0 Å². The van der Waals surface area contributed by atoms with E-state index in [-0.39, 0.29) is 0 Å². The van der Waals surface area contributed by atoms with Crippen LogP contribution in [0.15, 0.2) is 30.3 Å². The van der Waals surface area contributed by atoms with Gasteiger partial charge in [-0.25, -0.2) is 9.97 Å². The number of hydrogen-bond donors (Lipinski definition) is 0. The van der Waals surface area contributed by atoms with Gasteiger partial charge in [-0.1, -0.05) is 37.0 Å². The summed E-state index contributed by atoms with van der Waals surface area (Å²) in [4.78, 5) is 8.79. The van der Waals surface area contributed by atoms with Crippen LogP contribution in [0, 0.1) is 5.92 Å². The van der Waals surface area contributed by atoms with Crippen molar-refractivity contribution in [2.24, 2.45) is 5.92 Å². The van der Waals surface area contributed by atoms with E-state index in [0.29, 0.717) is 21.9 Å². The number of nitrogens with zero attached hydrogens (tertiary/aromatic N) is 2. The maximum absolute atomic E-state index is 6.04. The summed E-state index contributed by atoms with van der Waals surface area (Å²) in [6, 6.07) is 9.26. The van der Waals surface area contributed by atoms with Crippen LogP contribution in [0.4, 0.5) is 0 Å². The van der Waals surface area contributed by atoms with E-state index in [1.54, 1.807) is 0 Å². The van der Waals surface area contributed by atoms with Gasteiger partial charge < -0.3 is 0 Å². The summed E-state index contributed by atoms with van der Waals surface area (Å²) >= 11 is 11.9. The van der Waals surface area contributed by atoms with Gasteiger partial charge in [-0.05, 0) is 42.7 Å². The van der Waals surface area contributed by atoms with Gasteiger partial charge in [0.05, 0.1) is 0 Å². The monoisotopic (exact) mass is 280 g/mol. The molecule has 18 heavy (non-hydrogen) atoms. The summed E-state index contributed by atoms with van der Waals surface area (Å²) in [6.45, 7) is 4.30. The Bertz CT molecular complexity index is 536. The van der Waals surface area contributed by atoms with Crippen LogP contribution in [0.25, 0.3) is 11.4 Å². The maximum Gasteiger partial charge on any atom is 0.161 e. The van der Waals surface area contributed by atoms with Crippen LogP contribution in [-0.2, 0) is 6.42 Å². The van der Waals surface area contributed by atoms with Crippen molar-refractivity contribution in [3.63, 3.8) is 0 Å². The molecule has 0 N–H and O–H groups in total. The second-order valence-electron chi connectivity index (χ2n) is 4.61. The summed E-state index contributed by atoms with van der Waals surface area (Å²) in [5.74, 6) is 1.18. The zero-order valence-corrected chi connectivity index (χ0v) is 11.8.